The molecule has 0 aromatic heterocycles. The minimum atomic E-state index is -3.80. The summed E-state index contributed by atoms with van der Waals surface area (Å²) in [6.45, 7) is 0. The molecule has 0 spiro atoms. The number of benzene rings is 2. The van der Waals surface area contributed by atoms with Crippen LogP contribution in [0.5, 0.6) is 0 Å². The lowest BCUT2D eigenvalue weighted by atomic mass is 10.2. The van der Waals surface area contributed by atoms with Gasteiger partial charge in [-0.3, -0.25) is 0 Å². The Morgan fingerprint density at radius 3 is 2.40 bits per heavy atom. The van der Waals surface area contributed by atoms with Crippen molar-refractivity contribution in [3.05, 3.63) is 65.7 Å². The first-order chi connectivity index (χ1) is 9.49. The normalized spacial score (nSPS) is 11.7. The molecule has 0 saturated heterocycles. The molecule has 0 radical (unpaired) electrons. The molecule has 0 amide bonds. The summed E-state index contributed by atoms with van der Waals surface area (Å²) in [7, 11) is -3.80. The molecule has 0 bridgehead atoms. The van der Waals surface area contributed by atoms with Gasteiger partial charge in [-0.25, -0.2) is 13.6 Å². The molecule has 104 valence electrons. The van der Waals surface area contributed by atoms with Crippen LogP contribution in [-0.4, -0.2) is 14.6 Å². The van der Waals surface area contributed by atoms with Gasteiger partial charge in [-0.2, -0.15) is 13.5 Å². The molecule has 2 aromatic rings. The Labute approximate surface area is 114 Å². The number of rotatable bonds is 4. The number of hydrogen-bond acceptors (Lipinski definition) is 3. The highest BCUT2D eigenvalue weighted by Crippen LogP contribution is 2.08. The summed E-state index contributed by atoms with van der Waals surface area (Å²) >= 11 is 0. The first-order valence-electron chi connectivity index (χ1n) is 5.54. The highest BCUT2D eigenvalue weighted by molar-refractivity contribution is 7.89. The Balaban J connectivity index is 2.14. The Morgan fingerprint density at radius 2 is 1.75 bits per heavy atom. The minimum absolute atomic E-state index is 0.0258. The van der Waals surface area contributed by atoms with Crippen LogP contribution in [0.4, 0.5) is 8.78 Å². The predicted molar refractivity (Wildman–Crippen MR) is 70.7 cm³/mol. The predicted octanol–water partition coefficient (Wildman–Crippen LogP) is 2.28. The fraction of sp³-hybridized carbons (Fsp3) is 0. The number of sulfonamides is 1. The second-order valence-corrected chi connectivity index (χ2v) is 5.49. The van der Waals surface area contributed by atoms with Crippen LogP contribution in [0.3, 0.4) is 0 Å². The molecule has 7 heteroatoms. The fourth-order valence-corrected chi connectivity index (χ4v) is 2.24. The van der Waals surface area contributed by atoms with Crippen LogP contribution >= 0.6 is 0 Å². The first kappa shape index (κ1) is 14.1. The SMILES string of the molecule is O=S(=O)(N/N=C/c1ccc(F)cc1F)c1ccccc1. The van der Waals surface area contributed by atoms with E-state index in [2.05, 4.69) is 5.10 Å². The van der Waals surface area contributed by atoms with Crippen molar-refractivity contribution < 1.29 is 17.2 Å². The average molecular weight is 296 g/mol. The van der Waals surface area contributed by atoms with Gasteiger partial charge >= 0.3 is 0 Å². The Bertz CT molecular complexity index is 731. The number of nitrogens with one attached hydrogen (secondary N) is 1. The summed E-state index contributed by atoms with van der Waals surface area (Å²) in [6.07, 6.45) is 0.968. The molecular formula is C13H10F2N2O2S. The summed E-state index contributed by atoms with van der Waals surface area (Å²) in [6, 6.07) is 10.5. The quantitative estimate of drug-likeness (QED) is 0.695. The topological polar surface area (TPSA) is 58.5 Å². The zero-order chi connectivity index (χ0) is 14.6. The van der Waals surface area contributed by atoms with E-state index < -0.39 is 21.7 Å². The van der Waals surface area contributed by atoms with Crippen molar-refractivity contribution in [2.45, 2.75) is 4.90 Å². The molecule has 1 N–H and O–H groups in total. The van der Waals surface area contributed by atoms with E-state index in [-0.39, 0.29) is 10.5 Å². The van der Waals surface area contributed by atoms with Crippen LogP contribution in [0.1, 0.15) is 5.56 Å². The van der Waals surface area contributed by atoms with Crippen LogP contribution in [-0.2, 0) is 10.0 Å². The molecule has 4 nitrogen and oxygen atoms in total. The molecule has 20 heavy (non-hydrogen) atoms. The molecule has 0 aliphatic rings. The van der Waals surface area contributed by atoms with E-state index in [0.717, 1.165) is 18.3 Å². The van der Waals surface area contributed by atoms with Gasteiger partial charge in [0.2, 0.25) is 0 Å². The van der Waals surface area contributed by atoms with Crippen molar-refractivity contribution in [3.63, 3.8) is 0 Å². The maximum Gasteiger partial charge on any atom is 0.276 e. The van der Waals surface area contributed by atoms with E-state index in [1.807, 2.05) is 4.83 Å². The molecule has 2 aromatic carbocycles. The lowest BCUT2D eigenvalue weighted by molar-refractivity contribution is 0.580. The molecule has 0 aliphatic carbocycles. The molecule has 0 atom stereocenters. The zero-order valence-corrected chi connectivity index (χ0v) is 10.9. The first-order valence-corrected chi connectivity index (χ1v) is 7.02. The van der Waals surface area contributed by atoms with Crippen LogP contribution < -0.4 is 4.83 Å². The Kier molecular flexibility index (Phi) is 4.09. The van der Waals surface area contributed by atoms with Crippen molar-refractivity contribution in [2.75, 3.05) is 0 Å². The average Bonchev–Trinajstić information content (AvgIpc) is 2.42. The molecule has 0 fully saturated rings. The van der Waals surface area contributed by atoms with Gasteiger partial charge in [0.15, 0.2) is 0 Å². The van der Waals surface area contributed by atoms with Crippen LogP contribution in [0.2, 0.25) is 0 Å². The van der Waals surface area contributed by atoms with Crippen molar-refractivity contribution in [1.29, 1.82) is 0 Å². The lowest BCUT2D eigenvalue weighted by Gasteiger charge is -2.02. The molecule has 0 unspecified atom stereocenters. The summed E-state index contributed by atoms with van der Waals surface area (Å²) in [4.78, 5) is 1.99. The van der Waals surface area contributed by atoms with Crippen LogP contribution in [0.25, 0.3) is 0 Å². The third kappa shape index (κ3) is 3.39. The summed E-state index contributed by atoms with van der Waals surface area (Å²) in [5, 5.41) is 3.45. The number of halogens is 2. The van der Waals surface area contributed by atoms with E-state index >= 15 is 0 Å². The highest BCUT2D eigenvalue weighted by Gasteiger charge is 2.11. The second-order valence-electron chi connectivity index (χ2n) is 3.83. The van der Waals surface area contributed by atoms with Crippen molar-refractivity contribution >= 4 is 16.2 Å². The zero-order valence-electron chi connectivity index (χ0n) is 10.1. The van der Waals surface area contributed by atoms with Gasteiger partial charge in [-0.15, -0.1) is 0 Å². The largest absolute Gasteiger partial charge is 0.276 e. The van der Waals surface area contributed by atoms with Gasteiger partial charge in [0.1, 0.15) is 11.6 Å². The lowest BCUT2D eigenvalue weighted by Crippen LogP contribution is -2.18. The van der Waals surface area contributed by atoms with Gasteiger partial charge in [0, 0.05) is 11.6 Å². The van der Waals surface area contributed by atoms with Gasteiger partial charge in [0.05, 0.1) is 11.1 Å². The van der Waals surface area contributed by atoms with Gasteiger partial charge < -0.3 is 0 Å². The number of hydrogen-bond donors (Lipinski definition) is 1. The van der Waals surface area contributed by atoms with E-state index in [1.54, 1.807) is 18.2 Å². The van der Waals surface area contributed by atoms with Crippen LogP contribution in [0, 0.1) is 11.6 Å². The minimum Gasteiger partial charge on any atom is -0.207 e. The number of hydrazone groups is 1. The van der Waals surface area contributed by atoms with Gasteiger partial charge in [-0.1, -0.05) is 18.2 Å². The standard InChI is InChI=1S/C13H10F2N2O2S/c14-11-7-6-10(13(15)8-11)9-16-17-20(18,19)12-4-2-1-3-5-12/h1-9,17H/b16-9+. The molecule has 0 saturated carbocycles. The monoisotopic (exact) mass is 296 g/mol. The van der Waals surface area contributed by atoms with Crippen molar-refractivity contribution in [1.82, 2.24) is 4.83 Å². The maximum atomic E-state index is 13.3. The van der Waals surface area contributed by atoms with Gasteiger partial charge in [-0.05, 0) is 24.3 Å². The maximum absolute atomic E-state index is 13.3. The molecule has 0 heterocycles. The van der Waals surface area contributed by atoms with E-state index in [9.17, 15) is 17.2 Å². The van der Waals surface area contributed by atoms with E-state index in [1.165, 1.54) is 12.1 Å². The summed E-state index contributed by atoms with van der Waals surface area (Å²) in [5.41, 5.74) is -0.0258. The van der Waals surface area contributed by atoms with Gasteiger partial charge in [0.25, 0.3) is 10.0 Å². The third-order valence-corrected chi connectivity index (χ3v) is 3.63. The Morgan fingerprint density at radius 1 is 1.05 bits per heavy atom. The molecule has 2 rings (SSSR count). The fourth-order valence-electron chi connectivity index (χ4n) is 1.42. The van der Waals surface area contributed by atoms with Crippen LogP contribution in [0.15, 0.2) is 58.5 Å². The van der Waals surface area contributed by atoms with Crippen molar-refractivity contribution in [2.24, 2.45) is 5.10 Å². The second kappa shape index (κ2) is 5.79. The van der Waals surface area contributed by atoms with Crippen molar-refractivity contribution in [3.8, 4) is 0 Å². The van der Waals surface area contributed by atoms with E-state index in [4.69, 9.17) is 0 Å². The third-order valence-electron chi connectivity index (χ3n) is 2.39. The number of nitrogens with zero attached hydrogens (tertiary/aromatic N) is 1. The van der Waals surface area contributed by atoms with E-state index in [0.29, 0.717) is 6.07 Å². The summed E-state index contributed by atoms with van der Waals surface area (Å²) in [5.74, 6) is -1.54. The Hall–Kier alpha value is -2.28. The summed E-state index contributed by atoms with van der Waals surface area (Å²) < 4.78 is 49.5. The highest BCUT2D eigenvalue weighted by atomic mass is 32.2. The molecular weight excluding hydrogens is 286 g/mol. The molecule has 0 aliphatic heterocycles. The smallest absolute Gasteiger partial charge is 0.207 e.